The fraction of sp³-hybridized carbons (Fsp3) is 0.143. The van der Waals surface area contributed by atoms with Gasteiger partial charge in [0.15, 0.2) is 0 Å². The SMILES string of the molecule is COC(=O)c1c(C)ccc2cccc(C(=O)O)c12. The number of carbonyl (C=O) groups excluding carboxylic acids is 1. The molecule has 0 radical (unpaired) electrons. The highest BCUT2D eigenvalue weighted by Crippen LogP contribution is 2.26. The average molecular weight is 244 g/mol. The van der Waals surface area contributed by atoms with E-state index in [4.69, 9.17) is 4.74 Å². The van der Waals surface area contributed by atoms with Crippen molar-refractivity contribution in [3.8, 4) is 0 Å². The van der Waals surface area contributed by atoms with Crippen molar-refractivity contribution in [2.45, 2.75) is 6.92 Å². The van der Waals surface area contributed by atoms with Crippen LogP contribution in [0.1, 0.15) is 26.3 Å². The predicted molar refractivity (Wildman–Crippen MR) is 67.0 cm³/mol. The van der Waals surface area contributed by atoms with Gasteiger partial charge in [0.1, 0.15) is 0 Å². The molecule has 0 fully saturated rings. The Hall–Kier alpha value is -2.36. The smallest absolute Gasteiger partial charge is 0.338 e. The molecular formula is C14H12O4. The summed E-state index contributed by atoms with van der Waals surface area (Å²) in [6, 6.07) is 8.48. The number of methoxy groups -OCH3 is 1. The molecule has 2 aromatic rings. The molecule has 18 heavy (non-hydrogen) atoms. The molecule has 4 heteroatoms. The lowest BCUT2D eigenvalue weighted by Crippen LogP contribution is -2.08. The van der Waals surface area contributed by atoms with Gasteiger partial charge in [0.25, 0.3) is 0 Å². The summed E-state index contributed by atoms with van der Waals surface area (Å²) < 4.78 is 4.73. The summed E-state index contributed by atoms with van der Waals surface area (Å²) in [4.78, 5) is 23.0. The fourth-order valence-corrected chi connectivity index (χ4v) is 2.03. The Morgan fingerprint density at radius 2 is 1.89 bits per heavy atom. The monoisotopic (exact) mass is 244 g/mol. The van der Waals surface area contributed by atoms with Gasteiger partial charge in [-0.3, -0.25) is 0 Å². The predicted octanol–water partition coefficient (Wildman–Crippen LogP) is 2.63. The maximum atomic E-state index is 11.8. The summed E-state index contributed by atoms with van der Waals surface area (Å²) in [5.74, 6) is -1.58. The molecule has 4 nitrogen and oxygen atoms in total. The van der Waals surface area contributed by atoms with Crippen molar-refractivity contribution >= 4 is 22.7 Å². The van der Waals surface area contributed by atoms with Crippen LogP contribution in [0.15, 0.2) is 30.3 Å². The van der Waals surface area contributed by atoms with Gasteiger partial charge in [-0.15, -0.1) is 0 Å². The Balaban J connectivity index is 2.93. The molecule has 0 bridgehead atoms. The van der Waals surface area contributed by atoms with E-state index in [9.17, 15) is 14.7 Å². The van der Waals surface area contributed by atoms with Gasteiger partial charge in [0, 0.05) is 5.39 Å². The zero-order valence-corrected chi connectivity index (χ0v) is 10.1. The minimum Gasteiger partial charge on any atom is -0.478 e. The number of carboxylic acid groups (broad SMARTS) is 1. The first-order valence-electron chi connectivity index (χ1n) is 5.40. The van der Waals surface area contributed by atoms with Crippen molar-refractivity contribution in [2.24, 2.45) is 0 Å². The molecule has 2 rings (SSSR count). The molecule has 0 aliphatic rings. The van der Waals surface area contributed by atoms with Crippen LogP contribution < -0.4 is 0 Å². The zero-order chi connectivity index (χ0) is 13.3. The van der Waals surface area contributed by atoms with Gasteiger partial charge in [-0.2, -0.15) is 0 Å². The molecule has 0 heterocycles. The second-order valence-electron chi connectivity index (χ2n) is 3.96. The minimum absolute atomic E-state index is 0.108. The summed E-state index contributed by atoms with van der Waals surface area (Å²) >= 11 is 0. The van der Waals surface area contributed by atoms with Crippen LogP contribution in [0.25, 0.3) is 10.8 Å². The summed E-state index contributed by atoms with van der Waals surface area (Å²) in [7, 11) is 1.28. The van der Waals surface area contributed by atoms with Crippen LogP contribution in [0.3, 0.4) is 0 Å². The van der Waals surface area contributed by atoms with Crippen molar-refractivity contribution in [1.82, 2.24) is 0 Å². The number of fused-ring (bicyclic) bond motifs is 1. The Labute approximate surface area is 104 Å². The number of carbonyl (C=O) groups is 2. The fourth-order valence-electron chi connectivity index (χ4n) is 2.03. The van der Waals surface area contributed by atoms with E-state index in [1.54, 1.807) is 31.2 Å². The molecule has 0 spiro atoms. The summed E-state index contributed by atoms with van der Waals surface area (Å²) in [6.07, 6.45) is 0. The van der Waals surface area contributed by atoms with E-state index in [1.165, 1.54) is 13.2 Å². The molecule has 92 valence electrons. The van der Waals surface area contributed by atoms with Gasteiger partial charge in [0.05, 0.1) is 18.2 Å². The Kier molecular flexibility index (Phi) is 3.02. The summed E-state index contributed by atoms with van der Waals surface area (Å²) in [5.41, 5.74) is 1.12. The lowest BCUT2D eigenvalue weighted by Gasteiger charge is -2.10. The lowest BCUT2D eigenvalue weighted by atomic mass is 9.95. The Morgan fingerprint density at radius 3 is 2.50 bits per heavy atom. The molecule has 0 aromatic heterocycles. The zero-order valence-electron chi connectivity index (χ0n) is 10.1. The number of hydrogen-bond donors (Lipinski definition) is 1. The van der Waals surface area contributed by atoms with E-state index >= 15 is 0 Å². The molecule has 0 atom stereocenters. The largest absolute Gasteiger partial charge is 0.478 e. The molecule has 0 saturated carbocycles. The standard InChI is InChI=1S/C14H12O4/c1-8-6-7-9-4-3-5-10(13(15)16)12(9)11(8)14(17)18-2/h3-7H,1-2H3,(H,15,16). The van der Waals surface area contributed by atoms with Crippen LogP contribution in [0, 0.1) is 6.92 Å². The van der Waals surface area contributed by atoms with Crippen LogP contribution >= 0.6 is 0 Å². The van der Waals surface area contributed by atoms with E-state index in [-0.39, 0.29) is 5.56 Å². The van der Waals surface area contributed by atoms with E-state index in [2.05, 4.69) is 0 Å². The number of aromatic carboxylic acids is 1. The lowest BCUT2D eigenvalue weighted by molar-refractivity contribution is 0.0602. The minimum atomic E-state index is -1.06. The van der Waals surface area contributed by atoms with E-state index < -0.39 is 11.9 Å². The maximum absolute atomic E-state index is 11.8. The number of carboxylic acids is 1. The van der Waals surface area contributed by atoms with E-state index in [0.717, 1.165) is 0 Å². The summed E-state index contributed by atoms with van der Waals surface area (Å²) in [5, 5.41) is 10.3. The maximum Gasteiger partial charge on any atom is 0.338 e. The second-order valence-corrected chi connectivity index (χ2v) is 3.96. The molecule has 2 aromatic carbocycles. The highest BCUT2D eigenvalue weighted by molar-refractivity contribution is 6.13. The second kappa shape index (κ2) is 4.49. The van der Waals surface area contributed by atoms with Gasteiger partial charge in [0.2, 0.25) is 0 Å². The van der Waals surface area contributed by atoms with E-state index in [0.29, 0.717) is 21.9 Å². The number of ether oxygens (including phenoxy) is 1. The summed E-state index contributed by atoms with van der Waals surface area (Å²) in [6.45, 7) is 1.75. The number of esters is 1. The third-order valence-electron chi connectivity index (χ3n) is 2.87. The molecular weight excluding hydrogens is 232 g/mol. The first kappa shape index (κ1) is 12.1. The number of aryl methyl sites for hydroxylation is 1. The van der Waals surface area contributed by atoms with Crippen LogP contribution in [-0.2, 0) is 4.74 Å². The number of rotatable bonds is 2. The van der Waals surface area contributed by atoms with Gasteiger partial charge >= 0.3 is 11.9 Å². The number of hydrogen-bond acceptors (Lipinski definition) is 3. The van der Waals surface area contributed by atoms with Crippen LogP contribution in [-0.4, -0.2) is 24.2 Å². The third kappa shape index (κ3) is 1.82. The van der Waals surface area contributed by atoms with Crippen molar-refractivity contribution in [3.05, 3.63) is 47.0 Å². The van der Waals surface area contributed by atoms with Crippen molar-refractivity contribution in [2.75, 3.05) is 7.11 Å². The molecule has 1 N–H and O–H groups in total. The van der Waals surface area contributed by atoms with Crippen LogP contribution in [0.2, 0.25) is 0 Å². The number of benzene rings is 2. The average Bonchev–Trinajstić information content (AvgIpc) is 2.37. The molecule has 0 saturated heterocycles. The Bertz CT molecular complexity index is 644. The van der Waals surface area contributed by atoms with Gasteiger partial charge in [-0.05, 0) is 23.9 Å². The highest BCUT2D eigenvalue weighted by Gasteiger charge is 2.18. The molecule has 0 amide bonds. The van der Waals surface area contributed by atoms with Gasteiger partial charge < -0.3 is 9.84 Å². The van der Waals surface area contributed by atoms with Crippen LogP contribution in [0.4, 0.5) is 0 Å². The van der Waals surface area contributed by atoms with Crippen molar-refractivity contribution in [3.63, 3.8) is 0 Å². The van der Waals surface area contributed by atoms with Crippen molar-refractivity contribution in [1.29, 1.82) is 0 Å². The van der Waals surface area contributed by atoms with Crippen molar-refractivity contribution < 1.29 is 19.4 Å². The van der Waals surface area contributed by atoms with Gasteiger partial charge in [-0.25, -0.2) is 9.59 Å². The Morgan fingerprint density at radius 1 is 1.17 bits per heavy atom. The quantitative estimate of drug-likeness (QED) is 0.825. The highest BCUT2D eigenvalue weighted by atomic mass is 16.5. The first-order chi connectivity index (χ1) is 8.56. The van der Waals surface area contributed by atoms with Crippen LogP contribution in [0.5, 0.6) is 0 Å². The van der Waals surface area contributed by atoms with E-state index in [1.807, 2.05) is 0 Å². The third-order valence-corrected chi connectivity index (χ3v) is 2.87. The topological polar surface area (TPSA) is 63.6 Å². The van der Waals surface area contributed by atoms with Gasteiger partial charge in [-0.1, -0.05) is 24.3 Å². The normalized spacial score (nSPS) is 10.3. The first-order valence-corrected chi connectivity index (χ1v) is 5.40. The molecule has 0 aliphatic carbocycles. The molecule has 0 unspecified atom stereocenters. The molecule has 0 aliphatic heterocycles.